The Morgan fingerprint density at radius 3 is 2.72 bits per heavy atom. The van der Waals surface area contributed by atoms with Crippen LogP contribution in [0.2, 0.25) is 0 Å². The first-order valence-corrected chi connectivity index (χ1v) is 11.1. The minimum atomic E-state index is -0.209. The highest BCUT2D eigenvalue weighted by Gasteiger charge is 2.26. The molecule has 166 valence electrons. The van der Waals surface area contributed by atoms with E-state index >= 15 is 0 Å². The Morgan fingerprint density at radius 1 is 1.25 bits per heavy atom. The van der Waals surface area contributed by atoms with Crippen molar-refractivity contribution in [2.75, 3.05) is 26.0 Å². The van der Waals surface area contributed by atoms with Gasteiger partial charge in [0.1, 0.15) is 34.7 Å². The van der Waals surface area contributed by atoms with Gasteiger partial charge in [-0.15, -0.1) is 11.3 Å². The zero-order chi connectivity index (χ0) is 22.7. The lowest BCUT2D eigenvalue weighted by atomic mass is 10.1. The van der Waals surface area contributed by atoms with Crippen molar-refractivity contribution in [1.29, 1.82) is 0 Å². The number of benzene rings is 1. The van der Waals surface area contributed by atoms with Crippen molar-refractivity contribution < 1.29 is 14.1 Å². The first kappa shape index (κ1) is 21.8. The Balaban J connectivity index is 1.52. The maximum atomic E-state index is 13.2. The van der Waals surface area contributed by atoms with E-state index in [0.717, 1.165) is 33.8 Å². The van der Waals surface area contributed by atoms with E-state index < -0.39 is 0 Å². The third-order valence-electron chi connectivity index (χ3n) is 5.57. The van der Waals surface area contributed by atoms with Gasteiger partial charge >= 0.3 is 0 Å². The lowest BCUT2D eigenvalue weighted by Crippen LogP contribution is -2.29. The van der Waals surface area contributed by atoms with Gasteiger partial charge < -0.3 is 19.5 Å². The monoisotopic (exact) mass is 451 g/mol. The molecular formula is C23H25N5O3S. The van der Waals surface area contributed by atoms with Crippen molar-refractivity contribution in [3.63, 3.8) is 0 Å². The van der Waals surface area contributed by atoms with Gasteiger partial charge in [-0.25, -0.2) is 9.97 Å². The van der Waals surface area contributed by atoms with Crippen molar-refractivity contribution in [3.05, 3.63) is 64.6 Å². The van der Waals surface area contributed by atoms with Gasteiger partial charge in [0, 0.05) is 19.7 Å². The van der Waals surface area contributed by atoms with Gasteiger partial charge in [0.15, 0.2) is 0 Å². The van der Waals surface area contributed by atoms with Crippen LogP contribution in [-0.4, -0.2) is 46.6 Å². The number of nitrogens with zero attached hydrogens (tertiary/aromatic N) is 4. The molecule has 0 radical (unpaired) electrons. The van der Waals surface area contributed by atoms with Crippen molar-refractivity contribution in [2.45, 2.75) is 26.3 Å². The maximum Gasteiger partial charge on any atom is 0.264 e. The predicted octanol–water partition coefficient (Wildman–Crippen LogP) is 4.48. The molecule has 1 N–H and O–H groups in total. The highest BCUT2D eigenvalue weighted by molar-refractivity contribution is 7.20. The Kier molecular flexibility index (Phi) is 6.36. The molecule has 0 spiro atoms. The average Bonchev–Trinajstić information content (AvgIpc) is 3.47. The summed E-state index contributed by atoms with van der Waals surface area (Å²) in [6.07, 6.45) is 3.88. The van der Waals surface area contributed by atoms with Gasteiger partial charge in [0.05, 0.1) is 23.4 Å². The molecule has 1 aromatic carbocycles. The number of hydrogen-bond acceptors (Lipinski definition) is 8. The Bertz CT molecular complexity index is 1200. The molecule has 9 heteroatoms. The average molecular weight is 452 g/mol. The summed E-state index contributed by atoms with van der Waals surface area (Å²) in [7, 11) is 3.43. The number of carbonyl (C=O) groups is 1. The second-order valence-electron chi connectivity index (χ2n) is 7.50. The summed E-state index contributed by atoms with van der Waals surface area (Å²) in [6.45, 7) is 4.57. The lowest BCUT2D eigenvalue weighted by Gasteiger charge is -2.22. The minimum absolute atomic E-state index is 0.0785. The molecule has 4 aromatic rings. The number of aryl methyl sites for hydroxylation is 1. The van der Waals surface area contributed by atoms with E-state index in [4.69, 9.17) is 9.26 Å². The number of thiophene rings is 1. The molecule has 0 unspecified atom stereocenters. The van der Waals surface area contributed by atoms with Crippen molar-refractivity contribution in [1.82, 2.24) is 20.0 Å². The van der Waals surface area contributed by atoms with Crippen LogP contribution in [0.4, 0.5) is 5.82 Å². The number of rotatable bonds is 8. The number of fused-ring (bicyclic) bond motifs is 1. The summed E-state index contributed by atoms with van der Waals surface area (Å²) in [5, 5.41) is 8.25. The molecule has 4 rings (SSSR count). The molecule has 0 saturated heterocycles. The van der Waals surface area contributed by atoms with Crippen LogP contribution in [0, 0.1) is 6.92 Å². The fourth-order valence-electron chi connectivity index (χ4n) is 3.50. The van der Waals surface area contributed by atoms with Gasteiger partial charge in [-0.3, -0.25) is 4.79 Å². The quantitative estimate of drug-likeness (QED) is 0.422. The largest absolute Gasteiger partial charge is 0.497 e. The van der Waals surface area contributed by atoms with E-state index in [-0.39, 0.29) is 11.9 Å². The fourth-order valence-corrected chi connectivity index (χ4v) is 4.63. The van der Waals surface area contributed by atoms with Crippen molar-refractivity contribution in [2.24, 2.45) is 0 Å². The van der Waals surface area contributed by atoms with Crippen LogP contribution in [0.1, 0.15) is 39.5 Å². The minimum Gasteiger partial charge on any atom is -0.497 e. The second-order valence-corrected chi connectivity index (χ2v) is 8.50. The maximum absolute atomic E-state index is 13.2. The molecule has 3 heterocycles. The number of hydrogen-bond donors (Lipinski definition) is 1. The normalized spacial score (nSPS) is 12.0. The summed E-state index contributed by atoms with van der Waals surface area (Å²) in [5.74, 6) is 1.50. The molecule has 0 aliphatic carbocycles. The lowest BCUT2D eigenvalue weighted by molar-refractivity contribution is 0.0742. The predicted molar refractivity (Wildman–Crippen MR) is 124 cm³/mol. The summed E-state index contributed by atoms with van der Waals surface area (Å²) in [4.78, 5) is 25.2. The van der Waals surface area contributed by atoms with Gasteiger partial charge in [-0.2, -0.15) is 0 Å². The summed E-state index contributed by atoms with van der Waals surface area (Å²) < 4.78 is 10.1. The zero-order valence-electron chi connectivity index (χ0n) is 18.5. The van der Waals surface area contributed by atoms with E-state index in [9.17, 15) is 4.79 Å². The third kappa shape index (κ3) is 4.29. The van der Waals surface area contributed by atoms with E-state index in [1.807, 2.05) is 26.0 Å². The van der Waals surface area contributed by atoms with Gasteiger partial charge in [0.2, 0.25) is 0 Å². The van der Waals surface area contributed by atoms with E-state index in [0.29, 0.717) is 17.1 Å². The van der Waals surface area contributed by atoms with E-state index in [2.05, 4.69) is 32.6 Å². The first-order valence-electron chi connectivity index (χ1n) is 10.3. The standard InChI is InChI=1S/C23H25N5O3S/c1-14-19-21(24-11-9-16-5-7-17(30-4)8-6-16)25-13-26-22(19)32-20(14)23(29)28(3)15(2)18-10-12-31-27-18/h5-8,10,12-13,15H,9,11H2,1-4H3,(H,24,25,26)/t15-/m1/s1. The summed E-state index contributed by atoms with van der Waals surface area (Å²) in [5.41, 5.74) is 2.78. The van der Waals surface area contributed by atoms with Crippen molar-refractivity contribution >= 4 is 33.3 Å². The van der Waals surface area contributed by atoms with Gasteiger partial charge in [-0.05, 0) is 43.5 Å². The van der Waals surface area contributed by atoms with E-state index in [1.165, 1.54) is 29.5 Å². The molecule has 0 aliphatic heterocycles. The Hall–Kier alpha value is -3.46. The Labute approximate surface area is 190 Å². The molecule has 1 atom stereocenters. The number of methoxy groups -OCH3 is 1. The topological polar surface area (TPSA) is 93.4 Å². The van der Waals surface area contributed by atoms with Crippen LogP contribution in [0.5, 0.6) is 5.75 Å². The number of anilines is 1. The highest BCUT2D eigenvalue weighted by atomic mass is 32.1. The van der Waals surface area contributed by atoms with Gasteiger partial charge in [0.25, 0.3) is 5.91 Å². The van der Waals surface area contributed by atoms with Crippen LogP contribution in [0.15, 0.2) is 47.4 Å². The SMILES string of the molecule is COc1ccc(CCNc2ncnc3sc(C(=O)N(C)[C@H](C)c4ccon4)c(C)c23)cc1. The third-order valence-corrected chi connectivity index (χ3v) is 6.76. The van der Waals surface area contributed by atoms with Crippen LogP contribution >= 0.6 is 11.3 Å². The molecule has 3 aromatic heterocycles. The molecule has 32 heavy (non-hydrogen) atoms. The van der Waals surface area contributed by atoms with Crippen LogP contribution in [-0.2, 0) is 6.42 Å². The number of nitrogens with one attached hydrogen (secondary N) is 1. The fraction of sp³-hybridized carbons (Fsp3) is 0.304. The molecule has 8 nitrogen and oxygen atoms in total. The number of amides is 1. The molecule has 1 amide bonds. The smallest absolute Gasteiger partial charge is 0.264 e. The second kappa shape index (κ2) is 9.35. The van der Waals surface area contributed by atoms with Crippen molar-refractivity contribution in [3.8, 4) is 5.75 Å². The Morgan fingerprint density at radius 2 is 2.03 bits per heavy atom. The molecule has 0 fully saturated rings. The first-order chi connectivity index (χ1) is 15.5. The molecular weight excluding hydrogens is 426 g/mol. The summed E-state index contributed by atoms with van der Waals surface area (Å²) in [6, 6.07) is 9.57. The summed E-state index contributed by atoms with van der Waals surface area (Å²) >= 11 is 1.38. The number of carbonyl (C=O) groups excluding carboxylic acids is 1. The molecule has 0 saturated carbocycles. The van der Waals surface area contributed by atoms with Gasteiger partial charge in [-0.1, -0.05) is 17.3 Å². The van der Waals surface area contributed by atoms with Crippen LogP contribution < -0.4 is 10.1 Å². The number of ether oxygens (including phenoxy) is 1. The highest BCUT2D eigenvalue weighted by Crippen LogP contribution is 2.35. The zero-order valence-corrected chi connectivity index (χ0v) is 19.3. The number of aromatic nitrogens is 3. The molecule has 0 bridgehead atoms. The van der Waals surface area contributed by atoms with Crippen LogP contribution in [0.25, 0.3) is 10.2 Å². The van der Waals surface area contributed by atoms with Crippen LogP contribution in [0.3, 0.4) is 0 Å². The van der Waals surface area contributed by atoms with E-state index in [1.54, 1.807) is 25.1 Å². The molecule has 0 aliphatic rings.